The summed E-state index contributed by atoms with van der Waals surface area (Å²) >= 11 is 1.40. The highest BCUT2D eigenvalue weighted by molar-refractivity contribution is 7.12. The maximum atomic E-state index is 12.6. The van der Waals surface area contributed by atoms with Crippen LogP contribution in [0.15, 0.2) is 35.7 Å². The number of carbonyl (C=O) groups is 1. The van der Waals surface area contributed by atoms with E-state index in [0.717, 1.165) is 0 Å². The van der Waals surface area contributed by atoms with Crippen molar-refractivity contribution >= 4 is 17.2 Å². The first-order chi connectivity index (χ1) is 9.79. The number of aliphatic hydroxyl groups excluding tert-OH is 1. The second kappa shape index (κ2) is 5.49. The molecule has 1 aromatic carbocycles. The number of carbonyl (C=O) groups excluding carboxylic acids is 1. The number of hydrogen-bond acceptors (Lipinski definition) is 3. The van der Waals surface area contributed by atoms with Gasteiger partial charge >= 0.3 is 0 Å². The van der Waals surface area contributed by atoms with Crippen molar-refractivity contribution in [2.75, 3.05) is 6.61 Å². The summed E-state index contributed by atoms with van der Waals surface area (Å²) in [5.41, 5.74) is 3.12. The van der Waals surface area contributed by atoms with Gasteiger partial charge in [0.25, 0.3) is 5.91 Å². The number of fused-ring (bicyclic) bond motifs is 1. The van der Waals surface area contributed by atoms with Gasteiger partial charge in [-0.3, -0.25) is 4.79 Å². The largest absolute Gasteiger partial charge is 0.384 e. The average Bonchev–Trinajstić information content (AvgIpc) is 3.10. The lowest BCUT2D eigenvalue weighted by Gasteiger charge is -2.14. The van der Waals surface area contributed by atoms with Crippen LogP contribution in [0.4, 0.5) is 0 Å². The maximum absolute atomic E-state index is 12.6. The maximum Gasteiger partial charge on any atom is 0.265 e. The van der Waals surface area contributed by atoms with Crippen LogP contribution in [-0.2, 0) is 13.1 Å². The lowest BCUT2D eigenvalue weighted by molar-refractivity contribution is 0.0756. The van der Waals surface area contributed by atoms with E-state index in [-0.39, 0.29) is 12.5 Å². The Kier molecular flexibility index (Phi) is 3.55. The van der Waals surface area contributed by atoms with Crippen LogP contribution >= 0.6 is 11.3 Å². The van der Waals surface area contributed by atoms with Crippen LogP contribution in [-0.4, -0.2) is 22.5 Å². The summed E-state index contributed by atoms with van der Waals surface area (Å²) in [5.74, 6) is 5.44. The van der Waals surface area contributed by atoms with Gasteiger partial charge in [0.15, 0.2) is 0 Å². The van der Waals surface area contributed by atoms with Gasteiger partial charge in [-0.1, -0.05) is 36.1 Å². The molecule has 2 aromatic rings. The molecule has 2 heterocycles. The molecular weight excluding hydrogens is 270 g/mol. The van der Waals surface area contributed by atoms with Gasteiger partial charge in [0.1, 0.15) is 11.5 Å². The molecule has 1 aromatic heterocycles. The van der Waals surface area contributed by atoms with Crippen molar-refractivity contribution in [2.24, 2.45) is 0 Å². The molecular formula is C16H13NO2S. The quantitative estimate of drug-likeness (QED) is 0.816. The lowest BCUT2D eigenvalue weighted by atomic mass is 10.1. The third-order valence-corrected chi connectivity index (χ3v) is 4.19. The third-order valence-electron chi connectivity index (χ3n) is 3.29. The minimum atomic E-state index is -0.196. The van der Waals surface area contributed by atoms with Crippen LogP contribution in [0.25, 0.3) is 0 Å². The molecule has 100 valence electrons. The normalized spacial score (nSPS) is 12.8. The fourth-order valence-electron chi connectivity index (χ4n) is 2.33. The first kappa shape index (κ1) is 12.9. The molecule has 0 radical (unpaired) electrons. The Morgan fingerprint density at radius 2 is 1.95 bits per heavy atom. The van der Waals surface area contributed by atoms with E-state index in [4.69, 9.17) is 5.11 Å². The summed E-state index contributed by atoms with van der Waals surface area (Å²) in [5, 5.41) is 10.6. The van der Waals surface area contributed by atoms with Crippen LogP contribution in [0.2, 0.25) is 0 Å². The Morgan fingerprint density at radius 1 is 1.25 bits per heavy atom. The molecule has 0 fully saturated rings. The van der Waals surface area contributed by atoms with E-state index in [1.807, 2.05) is 28.5 Å². The van der Waals surface area contributed by atoms with Crippen molar-refractivity contribution in [1.29, 1.82) is 0 Å². The van der Waals surface area contributed by atoms with Crippen molar-refractivity contribution in [3.8, 4) is 11.8 Å². The molecule has 0 saturated heterocycles. The van der Waals surface area contributed by atoms with Gasteiger partial charge in [-0.15, -0.1) is 11.3 Å². The fourth-order valence-corrected chi connectivity index (χ4v) is 3.14. The van der Waals surface area contributed by atoms with Gasteiger partial charge in [0.2, 0.25) is 0 Å². The van der Waals surface area contributed by atoms with E-state index in [9.17, 15) is 4.79 Å². The zero-order valence-electron chi connectivity index (χ0n) is 10.8. The summed E-state index contributed by atoms with van der Waals surface area (Å²) < 4.78 is 0. The summed E-state index contributed by atoms with van der Waals surface area (Å²) in [4.78, 5) is 15.1. The monoisotopic (exact) mass is 283 g/mol. The smallest absolute Gasteiger partial charge is 0.265 e. The standard InChI is InChI=1S/C16H13NO2S/c18-8-3-6-12-7-9-20-15(12)16(19)17-10-13-4-1-2-5-14(13)11-17/h1-2,4-5,7,9,18H,8,10-11H2. The van der Waals surface area contributed by atoms with Gasteiger partial charge in [0.05, 0.1) is 0 Å². The number of nitrogens with zero attached hydrogens (tertiary/aromatic N) is 1. The zero-order chi connectivity index (χ0) is 13.9. The van der Waals surface area contributed by atoms with Crippen LogP contribution < -0.4 is 0 Å². The highest BCUT2D eigenvalue weighted by Gasteiger charge is 2.25. The molecule has 0 saturated carbocycles. The molecule has 1 N–H and O–H groups in total. The number of thiophene rings is 1. The number of hydrogen-bond donors (Lipinski definition) is 1. The SMILES string of the molecule is O=C(c1sccc1C#CCO)N1Cc2ccccc2C1. The second-order valence-electron chi connectivity index (χ2n) is 4.55. The second-order valence-corrected chi connectivity index (χ2v) is 5.47. The molecule has 3 nitrogen and oxygen atoms in total. The molecule has 1 aliphatic rings. The summed E-state index contributed by atoms with van der Waals surface area (Å²) in [7, 11) is 0. The molecule has 0 unspecified atom stereocenters. The van der Waals surface area contributed by atoms with Crippen LogP contribution in [0.1, 0.15) is 26.4 Å². The average molecular weight is 283 g/mol. The van der Waals surface area contributed by atoms with E-state index < -0.39 is 0 Å². The van der Waals surface area contributed by atoms with Gasteiger partial charge in [-0.25, -0.2) is 0 Å². The van der Waals surface area contributed by atoms with Crippen LogP contribution in [0, 0.1) is 11.8 Å². The molecule has 0 atom stereocenters. The summed E-state index contributed by atoms with van der Waals surface area (Å²) in [6.07, 6.45) is 0. The third kappa shape index (κ3) is 2.34. The summed E-state index contributed by atoms with van der Waals surface area (Å²) in [6, 6.07) is 9.93. The van der Waals surface area contributed by atoms with Crippen LogP contribution in [0.5, 0.6) is 0 Å². The topological polar surface area (TPSA) is 40.5 Å². The molecule has 20 heavy (non-hydrogen) atoms. The molecule has 4 heteroatoms. The minimum Gasteiger partial charge on any atom is -0.384 e. The summed E-state index contributed by atoms with van der Waals surface area (Å²) in [6.45, 7) is 1.11. The molecule has 0 spiro atoms. The van der Waals surface area contributed by atoms with E-state index in [0.29, 0.717) is 23.5 Å². The minimum absolute atomic E-state index is 0.0124. The predicted molar refractivity (Wildman–Crippen MR) is 78.3 cm³/mol. The molecule has 0 bridgehead atoms. The Hall–Kier alpha value is -2.09. The van der Waals surface area contributed by atoms with E-state index in [1.165, 1.54) is 22.5 Å². The van der Waals surface area contributed by atoms with Crippen molar-refractivity contribution in [1.82, 2.24) is 4.90 Å². The highest BCUT2D eigenvalue weighted by atomic mass is 32.1. The molecule has 0 aliphatic carbocycles. The predicted octanol–water partition coefficient (Wildman–Crippen LogP) is 2.25. The first-order valence-corrected chi connectivity index (χ1v) is 7.21. The van der Waals surface area contributed by atoms with Gasteiger partial charge in [0, 0.05) is 18.7 Å². The Morgan fingerprint density at radius 3 is 2.60 bits per heavy atom. The lowest BCUT2D eigenvalue weighted by Crippen LogP contribution is -2.25. The van der Waals surface area contributed by atoms with Gasteiger partial charge < -0.3 is 10.0 Å². The first-order valence-electron chi connectivity index (χ1n) is 6.33. The Balaban J connectivity index is 1.83. The van der Waals surface area contributed by atoms with E-state index in [2.05, 4.69) is 24.0 Å². The number of aliphatic hydroxyl groups is 1. The highest BCUT2D eigenvalue weighted by Crippen LogP contribution is 2.26. The van der Waals surface area contributed by atoms with Crippen molar-refractivity contribution < 1.29 is 9.90 Å². The molecule has 1 aliphatic heterocycles. The van der Waals surface area contributed by atoms with E-state index in [1.54, 1.807) is 0 Å². The van der Waals surface area contributed by atoms with Crippen molar-refractivity contribution in [3.63, 3.8) is 0 Å². The number of amides is 1. The van der Waals surface area contributed by atoms with E-state index >= 15 is 0 Å². The van der Waals surface area contributed by atoms with Gasteiger partial charge in [-0.05, 0) is 22.6 Å². The van der Waals surface area contributed by atoms with Crippen molar-refractivity contribution in [3.05, 3.63) is 57.3 Å². The number of benzene rings is 1. The Bertz CT molecular complexity index is 684. The fraction of sp³-hybridized carbons (Fsp3) is 0.188. The molecule has 1 amide bonds. The zero-order valence-corrected chi connectivity index (χ0v) is 11.6. The van der Waals surface area contributed by atoms with Gasteiger partial charge in [-0.2, -0.15) is 0 Å². The van der Waals surface area contributed by atoms with Crippen molar-refractivity contribution in [2.45, 2.75) is 13.1 Å². The van der Waals surface area contributed by atoms with Crippen LogP contribution in [0.3, 0.4) is 0 Å². The molecule has 3 rings (SSSR count). The Labute approximate surface area is 121 Å². The number of rotatable bonds is 1.